The molecule has 0 unspecified atom stereocenters. The van der Waals surface area contributed by atoms with E-state index in [2.05, 4.69) is 37.1 Å². The predicted octanol–water partition coefficient (Wildman–Crippen LogP) is 2.45. The molecule has 0 aliphatic heterocycles. The van der Waals surface area contributed by atoms with E-state index in [4.69, 9.17) is 0 Å². The van der Waals surface area contributed by atoms with Gasteiger partial charge >= 0.3 is 0 Å². The standard InChI is InChI=1S/C12H18N2/c1-10(2)4-6-13-8-12-9-14-7-5-11(12)3/h4-5,7,9,13H,6,8H2,1-3H3. The molecule has 0 bridgehead atoms. The van der Waals surface area contributed by atoms with Gasteiger partial charge in [0.2, 0.25) is 0 Å². The second-order valence-electron chi connectivity index (χ2n) is 3.71. The number of pyridine rings is 1. The Balaban J connectivity index is 2.39. The van der Waals surface area contributed by atoms with Crippen LogP contribution in [0, 0.1) is 6.92 Å². The Bertz CT molecular complexity index is 312. The van der Waals surface area contributed by atoms with E-state index >= 15 is 0 Å². The van der Waals surface area contributed by atoms with Gasteiger partial charge in [-0.05, 0) is 38.0 Å². The maximum absolute atomic E-state index is 4.10. The number of aromatic nitrogens is 1. The van der Waals surface area contributed by atoms with Crippen molar-refractivity contribution in [3.63, 3.8) is 0 Å². The molecule has 0 spiro atoms. The fourth-order valence-electron chi connectivity index (χ4n) is 1.16. The van der Waals surface area contributed by atoms with Crippen LogP contribution in [0.15, 0.2) is 30.1 Å². The van der Waals surface area contributed by atoms with Gasteiger partial charge in [-0.1, -0.05) is 11.6 Å². The molecule has 14 heavy (non-hydrogen) atoms. The molecule has 0 atom stereocenters. The molecule has 1 rings (SSSR count). The van der Waals surface area contributed by atoms with E-state index in [-0.39, 0.29) is 0 Å². The number of nitrogens with one attached hydrogen (secondary N) is 1. The minimum Gasteiger partial charge on any atom is -0.309 e. The van der Waals surface area contributed by atoms with Gasteiger partial charge in [-0.25, -0.2) is 0 Å². The molecule has 1 aromatic rings. The van der Waals surface area contributed by atoms with Gasteiger partial charge in [0.05, 0.1) is 0 Å². The summed E-state index contributed by atoms with van der Waals surface area (Å²) < 4.78 is 0. The summed E-state index contributed by atoms with van der Waals surface area (Å²) in [5.41, 5.74) is 3.92. The fourth-order valence-corrected chi connectivity index (χ4v) is 1.16. The van der Waals surface area contributed by atoms with Crippen LogP contribution in [0.5, 0.6) is 0 Å². The smallest absolute Gasteiger partial charge is 0.0315 e. The summed E-state index contributed by atoms with van der Waals surface area (Å²) in [5.74, 6) is 0. The van der Waals surface area contributed by atoms with Gasteiger partial charge in [-0.15, -0.1) is 0 Å². The van der Waals surface area contributed by atoms with Crippen molar-refractivity contribution in [1.82, 2.24) is 10.3 Å². The Hall–Kier alpha value is -1.15. The molecule has 1 heterocycles. The van der Waals surface area contributed by atoms with E-state index in [9.17, 15) is 0 Å². The lowest BCUT2D eigenvalue weighted by atomic mass is 10.1. The van der Waals surface area contributed by atoms with Crippen LogP contribution < -0.4 is 5.32 Å². The number of aryl methyl sites for hydroxylation is 1. The minimum absolute atomic E-state index is 0.892. The minimum atomic E-state index is 0.892. The Morgan fingerprint density at radius 1 is 1.50 bits per heavy atom. The quantitative estimate of drug-likeness (QED) is 0.582. The molecule has 0 saturated heterocycles. The largest absolute Gasteiger partial charge is 0.309 e. The van der Waals surface area contributed by atoms with E-state index in [1.165, 1.54) is 16.7 Å². The van der Waals surface area contributed by atoms with Gasteiger partial charge in [0, 0.05) is 25.5 Å². The van der Waals surface area contributed by atoms with Crippen LogP contribution in [-0.2, 0) is 6.54 Å². The van der Waals surface area contributed by atoms with Crippen LogP contribution in [0.4, 0.5) is 0 Å². The highest BCUT2D eigenvalue weighted by Crippen LogP contribution is 2.03. The Morgan fingerprint density at radius 2 is 2.29 bits per heavy atom. The van der Waals surface area contributed by atoms with E-state index in [1.54, 1.807) is 0 Å². The maximum atomic E-state index is 4.10. The average molecular weight is 190 g/mol. The highest BCUT2D eigenvalue weighted by atomic mass is 14.8. The van der Waals surface area contributed by atoms with Gasteiger partial charge in [0.15, 0.2) is 0 Å². The van der Waals surface area contributed by atoms with Crippen molar-refractivity contribution in [1.29, 1.82) is 0 Å². The van der Waals surface area contributed by atoms with E-state index in [0.717, 1.165) is 13.1 Å². The Kier molecular flexibility index (Phi) is 4.33. The van der Waals surface area contributed by atoms with Crippen LogP contribution >= 0.6 is 0 Å². The van der Waals surface area contributed by atoms with Crippen molar-refractivity contribution in [2.75, 3.05) is 6.54 Å². The van der Waals surface area contributed by atoms with Crippen LogP contribution in [0.25, 0.3) is 0 Å². The highest BCUT2D eigenvalue weighted by molar-refractivity contribution is 5.21. The average Bonchev–Trinajstić information content (AvgIpc) is 2.15. The van der Waals surface area contributed by atoms with E-state index in [1.807, 2.05) is 18.5 Å². The predicted molar refractivity (Wildman–Crippen MR) is 60.1 cm³/mol. The molecule has 1 aromatic heterocycles. The zero-order valence-corrected chi connectivity index (χ0v) is 9.17. The number of rotatable bonds is 4. The van der Waals surface area contributed by atoms with Gasteiger partial charge in [-0.3, -0.25) is 4.98 Å². The monoisotopic (exact) mass is 190 g/mol. The van der Waals surface area contributed by atoms with Gasteiger partial charge in [0.1, 0.15) is 0 Å². The number of allylic oxidation sites excluding steroid dienone is 1. The van der Waals surface area contributed by atoms with Crippen LogP contribution in [0.2, 0.25) is 0 Å². The zero-order chi connectivity index (χ0) is 10.4. The molecule has 0 aliphatic rings. The van der Waals surface area contributed by atoms with Crippen molar-refractivity contribution in [3.05, 3.63) is 41.2 Å². The maximum Gasteiger partial charge on any atom is 0.0315 e. The molecule has 2 heteroatoms. The third-order valence-electron chi connectivity index (χ3n) is 2.12. The summed E-state index contributed by atoms with van der Waals surface area (Å²) in [6, 6.07) is 2.04. The highest BCUT2D eigenvalue weighted by Gasteiger charge is 1.95. The number of hydrogen-bond acceptors (Lipinski definition) is 2. The molecule has 0 fully saturated rings. The third kappa shape index (κ3) is 3.71. The van der Waals surface area contributed by atoms with Crippen molar-refractivity contribution < 1.29 is 0 Å². The molecular weight excluding hydrogens is 172 g/mol. The molecule has 0 aromatic carbocycles. The molecule has 0 saturated carbocycles. The van der Waals surface area contributed by atoms with E-state index < -0.39 is 0 Å². The van der Waals surface area contributed by atoms with Crippen molar-refractivity contribution in [2.45, 2.75) is 27.3 Å². The van der Waals surface area contributed by atoms with Gasteiger partial charge in [0.25, 0.3) is 0 Å². The molecule has 2 nitrogen and oxygen atoms in total. The van der Waals surface area contributed by atoms with Gasteiger partial charge in [-0.2, -0.15) is 0 Å². The summed E-state index contributed by atoms with van der Waals surface area (Å²) in [6.45, 7) is 8.15. The summed E-state index contributed by atoms with van der Waals surface area (Å²) in [6.07, 6.45) is 5.94. The normalized spacial score (nSPS) is 9.93. The fraction of sp³-hybridized carbons (Fsp3) is 0.417. The van der Waals surface area contributed by atoms with Crippen LogP contribution in [0.3, 0.4) is 0 Å². The summed E-state index contributed by atoms with van der Waals surface area (Å²) in [5, 5.41) is 3.36. The molecule has 76 valence electrons. The number of hydrogen-bond donors (Lipinski definition) is 1. The SMILES string of the molecule is CC(C)=CCNCc1cnccc1C. The molecule has 0 radical (unpaired) electrons. The first-order valence-corrected chi connectivity index (χ1v) is 4.93. The molecule has 1 N–H and O–H groups in total. The summed E-state index contributed by atoms with van der Waals surface area (Å²) >= 11 is 0. The Labute approximate surface area is 86.1 Å². The van der Waals surface area contributed by atoms with Gasteiger partial charge < -0.3 is 5.32 Å². The second-order valence-corrected chi connectivity index (χ2v) is 3.71. The molecule has 0 amide bonds. The zero-order valence-electron chi connectivity index (χ0n) is 9.17. The van der Waals surface area contributed by atoms with Crippen LogP contribution in [0.1, 0.15) is 25.0 Å². The van der Waals surface area contributed by atoms with Crippen molar-refractivity contribution in [3.8, 4) is 0 Å². The van der Waals surface area contributed by atoms with E-state index in [0.29, 0.717) is 0 Å². The third-order valence-corrected chi connectivity index (χ3v) is 2.12. The lowest BCUT2D eigenvalue weighted by molar-refractivity contribution is 0.750. The second kappa shape index (κ2) is 5.55. The van der Waals surface area contributed by atoms with Crippen molar-refractivity contribution in [2.24, 2.45) is 0 Å². The molecule has 0 aliphatic carbocycles. The lowest BCUT2D eigenvalue weighted by Crippen LogP contribution is -2.14. The number of nitrogens with zero attached hydrogens (tertiary/aromatic N) is 1. The Morgan fingerprint density at radius 3 is 2.93 bits per heavy atom. The van der Waals surface area contributed by atoms with Crippen LogP contribution in [-0.4, -0.2) is 11.5 Å². The first-order valence-electron chi connectivity index (χ1n) is 4.93. The first-order chi connectivity index (χ1) is 6.70. The summed E-state index contributed by atoms with van der Waals surface area (Å²) in [4.78, 5) is 4.10. The lowest BCUT2D eigenvalue weighted by Gasteiger charge is -2.04. The summed E-state index contributed by atoms with van der Waals surface area (Å²) in [7, 11) is 0. The first kappa shape index (κ1) is 10.9. The molecular formula is C12H18N2. The topological polar surface area (TPSA) is 24.9 Å². The van der Waals surface area contributed by atoms with Crippen molar-refractivity contribution >= 4 is 0 Å².